The van der Waals surface area contributed by atoms with Gasteiger partial charge in [-0.25, -0.2) is 0 Å². The van der Waals surface area contributed by atoms with Gasteiger partial charge in [-0.1, -0.05) is 46.0 Å². The Kier molecular flexibility index (Phi) is 9.94. The number of carbonyl (C=O) groups is 1. The maximum Gasteiger partial charge on any atom is 0.310 e. The molecule has 0 amide bonds. The van der Waals surface area contributed by atoms with Gasteiger partial charge in [-0.05, 0) is 33.7 Å². The number of rotatable bonds is 10. The molecule has 0 aliphatic heterocycles. The molecule has 19 heavy (non-hydrogen) atoms. The van der Waals surface area contributed by atoms with Crippen molar-refractivity contribution < 1.29 is 9.53 Å². The first kappa shape index (κ1) is 18.4. The van der Waals surface area contributed by atoms with Gasteiger partial charge in [0, 0.05) is 6.54 Å². The van der Waals surface area contributed by atoms with E-state index < -0.39 is 0 Å². The van der Waals surface area contributed by atoms with Crippen molar-refractivity contribution in [3.8, 4) is 0 Å². The minimum atomic E-state index is -0.384. The van der Waals surface area contributed by atoms with Gasteiger partial charge in [0.2, 0.25) is 0 Å². The second kappa shape index (κ2) is 10.2. The number of carbonyl (C=O) groups excluding carboxylic acids is 1. The van der Waals surface area contributed by atoms with E-state index in [9.17, 15) is 4.79 Å². The van der Waals surface area contributed by atoms with E-state index in [1.807, 2.05) is 27.7 Å². The zero-order chi connectivity index (χ0) is 14.7. The average Bonchev–Trinajstić information content (AvgIpc) is 2.30. The number of unbranched alkanes of at least 4 members (excludes halogenated alkanes) is 5. The second-order valence-corrected chi connectivity index (χ2v) is 6.41. The van der Waals surface area contributed by atoms with Crippen molar-refractivity contribution >= 4 is 5.97 Å². The fraction of sp³-hybridized carbons (Fsp3) is 0.938. The minimum absolute atomic E-state index is 0.0701. The van der Waals surface area contributed by atoms with Crippen LogP contribution in [0.2, 0.25) is 0 Å². The Morgan fingerprint density at radius 1 is 1.11 bits per heavy atom. The van der Waals surface area contributed by atoms with Crippen LogP contribution >= 0.6 is 0 Å². The summed E-state index contributed by atoms with van der Waals surface area (Å²) in [7, 11) is 0. The molecule has 0 saturated heterocycles. The van der Waals surface area contributed by atoms with Gasteiger partial charge in [0.05, 0.1) is 5.92 Å². The van der Waals surface area contributed by atoms with Crippen molar-refractivity contribution in [2.24, 2.45) is 5.92 Å². The molecule has 0 fully saturated rings. The molecule has 1 unspecified atom stereocenters. The lowest BCUT2D eigenvalue weighted by molar-refractivity contribution is -0.159. The quantitative estimate of drug-likeness (QED) is 0.483. The van der Waals surface area contributed by atoms with E-state index in [1.54, 1.807) is 0 Å². The average molecular weight is 271 g/mol. The van der Waals surface area contributed by atoms with Crippen LogP contribution in [0.15, 0.2) is 0 Å². The van der Waals surface area contributed by atoms with E-state index in [-0.39, 0.29) is 17.5 Å². The van der Waals surface area contributed by atoms with Crippen molar-refractivity contribution in [3.63, 3.8) is 0 Å². The second-order valence-electron chi connectivity index (χ2n) is 6.41. The first-order valence-electron chi connectivity index (χ1n) is 7.80. The van der Waals surface area contributed by atoms with Gasteiger partial charge in [0.15, 0.2) is 0 Å². The topological polar surface area (TPSA) is 38.3 Å². The van der Waals surface area contributed by atoms with Crippen LogP contribution in [-0.4, -0.2) is 24.7 Å². The first-order valence-corrected chi connectivity index (χ1v) is 7.80. The Labute approximate surface area is 119 Å². The largest absolute Gasteiger partial charge is 0.460 e. The predicted octanol–water partition coefficient (Wildman–Crippen LogP) is 3.91. The highest BCUT2D eigenvalue weighted by atomic mass is 16.6. The lowest BCUT2D eigenvalue weighted by atomic mass is 10.1. The third-order valence-electron chi connectivity index (χ3n) is 2.97. The molecule has 0 aliphatic carbocycles. The fourth-order valence-corrected chi connectivity index (χ4v) is 1.83. The first-order chi connectivity index (χ1) is 8.87. The highest BCUT2D eigenvalue weighted by Crippen LogP contribution is 2.10. The highest BCUT2D eigenvalue weighted by Gasteiger charge is 2.21. The molecule has 0 spiro atoms. The Balaban J connectivity index is 3.48. The summed E-state index contributed by atoms with van der Waals surface area (Å²) in [4.78, 5) is 11.7. The van der Waals surface area contributed by atoms with Crippen molar-refractivity contribution in [2.75, 3.05) is 13.1 Å². The lowest BCUT2D eigenvalue weighted by Crippen LogP contribution is -2.33. The van der Waals surface area contributed by atoms with Crippen LogP contribution in [0.4, 0.5) is 0 Å². The molecule has 1 N–H and O–H groups in total. The van der Waals surface area contributed by atoms with Gasteiger partial charge >= 0.3 is 5.97 Å². The van der Waals surface area contributed by atoms with Crippen LogP contribution in [0.1, 0.15) is 73.1 Å². The lowest BCUT2D eigenvalue weighted by Gasteiger charge is -2.22. The van der Waals surface area contributed by atoms with Crippen LogP contribution in [0.3, 0.4) is 0 Å². The molecule has 0 bridgehead atoms. The fourth-order valence-electron chi connectivity index (χ4n) is 1.83. The monoisotopic (exact) mass is 271 g/mol. The third kappa shape index (κ3) is 12.2. The standard InChI is InChI=1S/C16H33NO2/c1-6-7-8-9-10-11-12-17-13-14(2)15(18)19-16(3,4)5/h14,17H,6-13H2,1-5H3. The van der Waals surface area contributed by atoms with Crippen LogP contribution in [-0.2, 0) is 9.53 Å². The Morgan fingerprint density at radius 2 is 1.68 bits per heavy atom. The molecular formula is C16H33NO2. The molecule has 0 aromatic carbocycles. The summed E-state index contributed by atoms with van der Waals surface area (Å²) in [6.45, 7) is 11.6. The van der Waals surface area contributed by atoms with Crippen molar-refractivity contribution in [1.82, 2.24) is 5.32 Å². The molecule has 0 aromatic rings. The van der Waals surface area contributed by atoms with Gasteiger partial charge in [-0.2, -0.15) is 0 Å². The van der Waals surface area contributed by atoms with E-state index in [1.165, 1.54) is 38.5 Å². The summed E-state index contributed by atoms with van der Waals surface area (Å²) in [5.41, 5.74) is -0.384. The SMILES string of the molecule is CCCCCCCCNCC(C)C(=O)OC(C)(C)C. The van der Waals surface area contributed by atoms with Gasteiger partial charge < -0.3 is 10.1 Å². The number of hydrogen-bond acceptors (Lipinski definition) is 3. The van der Waals surface area contributed by atoms with Crippen LogP contribution in [0.5, 0.6) is 0 Å². The normalized spacial score (nSPS) is 13.3. The van der Waals surface area contributed by atoms with Crippen molar-refractivity contribution in [2.45, 2.75) is 78.7 Å². The molecule has 0 aromatic heterocycles. The van der Waals surface area contributed by atoms with Crippen LogP contribution in [0, 0.1) is 5.92 Å². The summed E-state index contributed by atoms with van der Waals surface area (Å²) in [6.07, 6.45) is 7.81. The highest BCUT2D eigenvalue weighted by molar-refractivity contribution is 5.72. The number of hydrogen-bond donors (Lipinski definition) is 1. The molecule has 0 heterocycles. The van der Waals surface area contributed by atoms with E-state index in [4.69, 9.17) is 4.74 Å². The zero-order valence-electron chi connectivity index (χ0n) is 13.6. The zero-order valence-corrected chi connectivity index (χ0v) is 13.6. The molecule has 0 rings (SSSR count). The summed E-state index contributed by atoms with van der Waals surface area (Å²) in [5, 5.41) is 3.34. The Hall–Kier alpha value is -0.570. The molecule has 3 nitrogen and oxygen atoms in total. The summed E-state index contributed by atoms with van der Waals surface area (Å²) < 4.78 is 5.34. The third-order valence-corrected chi connectivity index (χ3v) is 2.97. The van der Waals surface area contributed by atoms with Gasteiger partial charge in [-0.3, -0.25) is 4.79 Å². The van der Waals surface area contributed by atoms with Crippen LogP contribution < -0.4 is 5.32 Å². The smallest absolute Gasteiger partial charge is 0.310 e. The number of esters is 1. The molecule has 114 valence electrons. The maximum absolute atomic E-state index is 11.7. The van der Waals surface area contributed by atoms with E-state index >= 15 is 0 Å². The molecule has 3 heteroatoms. The number of nitrogens with one attached hydrogen (secondary N) is 1. The van der Waals surface area contributed by atoms with Gasteiger partial charge in [0.25, 0.3) is 0 Å². The summed E-state index contributed by atoms with van der Waals surface area (Å²) in [6, 6.07) is 0. The van der Waals surface area contributed by atoms with Crippen LogP contribution in [0.25, 0.3) is 0 Å². The Bertz CT molecular complexity index is 233. The van der Waals surface area contributed by atoms with E-state index in [0.29, 0.717) is 6.54 Å². The number of ether oxygens (including phenoxy) is 1. The van der Waals surface area contributed by atoms with E-state index in [2.05, 4.69) is 12.2 Å². The van der Waals surface area contributed by atoms with E-state index in [0.717, 1.165) is 6.54 Å². The summed E-state index contributed by atoms with van der Waals surface area (Å²) in [5.74, 6) is -0.178. The molecule has 0 saturated carbocycles. The maximum atomic E-state index is 11.7. The van der Waals surface area contributed by atoms with Gasteiger partial charge in [0.1, 0.15) is 5.60 Å². The van der Waals surface area contributed by atoms with Crippen molar-refractivity contribution in [3.05, 3.63) is 0 Å². The minimum Gasteiger partial charge on any atom is -0.460 e. The van der Waals surface area contributed by atoms with Gasteiger partial charge in [-0.15, -0.1) is 0 Å². The Morgan fingerprint density at radius 3 is 2.26 bits per heavy atom. The molecule has 0 aliphatic rings. The molecule has 0 radical (unpaired) electrons. The molecular weight excluding hydrogens is 238 g/mol. The molecule has 1 atom stereocenters. The summed E-state index contributed by atoms with van der Waals surface area (Å²) >= 11 is 0. The van der Waals surface area contributed by atoms with Crippen molar-refractivity contribution in [1.29, 1.82) is 0 Å². The predicted molar refractivity (Wildman–Crippen MR) is 81.3 cm³/mol.